The van der Waals surface area contributed by atoms with Crippen LogP contribution in [0.15, 0.2) is 53.0 Å². The summed E-state index contributed by atoms with van der Waals surface area (Å²) in [5.74, 6) is 0. The first-order valence-electron chi connectivity index (χ1n) is 5.90. The van der Waals surface area contributed by atoms with Gasteiger partial charge in [-0.1, -0.05) is 40.2 Å². The largest absolute Gasteiger partial charge is 0.434 e. The highest BCUT2D eigenvalue weighted by atomic mass is 79.9. The van der Waals surface area contributed by atoms with Crippen LogP contribution in [0.25, 0.3) is 0 Å². The van der Waals surface area contributed by atoms with Crippen LogP contribution in [-0.4, -0.2) is 6.18 Å². The first kappa shape index (κ1) is 13.3. The molecule has 6 heteroatoms. The zero-order valence-corrected chi connectivity index (χ0v) is 11.7. The number of hydrogen-bond acceptors (Lipinski definition) is 2. The number of anilines is 2. The van der Waals surface area contributed by atoms with Crippen molar-refractivity contribution >= 4 is 27.3 Å². The van der Waals surface area contributed by atoms with E-state index >= 15 is 0 Å². The molecule has 0 aliphatic carbocycles. The van der Waals surface area contributed by atoms with Gasteiger partial charge in [-0.25, -0.2) is 0 Å². The van der Waals surface area contributed by atoms with Crippen LogP contribution in [0.3, 0.4) is 0 Å². The lowest BCUT2D eigenvalue weighted by Crippen LogP contribution is -2.52. The molecular weight excluding hydrogens is 333 g/mol. The number of fused-ring (bicyclic) bond motifs is 1. The fourth-order valence-corrected chi connectivity index (χ4v) is 2.55. The molecule has 2 nitrogen and oxygen atoms in total. The second-order valence-electron chi connectivity index (χ2n) is 4.55. The van der Waals surface area contributed by atoms with Gasteiger partial charge in [0.15, 0.2) is 0 Å². The molecule has 0 unspecified atom stereocenters. The predicted molar refractivity (Wildman–Crippen MR) is 75.6 cm³/mol. The third-order valence-electron chi connectivity index (χ3n) is 3.27. The van der Waals surface area contributed by atoms with Crippen LogP contribution in [0.4, 0.5) is 24.5 Å². The van der Waals surface area contributed by atoms with E-state index in [1.54, 1.807) is 36.4 Å². The predicted octanol–water partition coefficient (Wildman–Crippen LogP) is 4.70. The van der Waals surface area contributed by atoms with Gasteiger partial charge < -0.3 is 10.6 Å². The summed E-state index contributed by atoms with van der Waals surface area (Å²) in [6, 6.07) is 12.7. The van der Waals surface area contributed by atoms with Gasteiger partial charge in [0.2, 0.25) is 5.66 Å². The minimum atomic E-state index is -4.49. The normalized spacial score (nSPS) is 16.2. The summed E-state index contributed by atoms with van der Waals surface area (Å²) < 4.78 is 41.6. The van der Waals surface area contributed by atoms with E-state index in [2.05, 4.69) is 26.6 Å². The highest BCUT2D eigenvalue weighted by molar-refractivity contribution is 9.10. The Morgan fingerprint density at radius 3 is 1.80 bits per heavy atom. The van der Waals surface area contributed by atoms with Gasteiger partial charge in [-0.3, -0.25) is 0 Å². The van der Waals surface area contributed by atoms with Crippen LogP contribution in [-0.2, 0) is 5.66 Å². The van der Waals surface area contributed by atoms with Crippen molar-refractivity contribution in [3.8, 4) is 0 Å². The summed E-state index contributed by atoms with van der Waals surface area (Å²) in [5, 5.41) is 5.14. The third kappa shape index (κ3) is 1.95. The molecule has 3 rings (SSSR count). The Hall–Kier alpha value is -1.69. The number of nitrogens with one attached hydrogen (secondary N) is 2. The van der Waals surface area contributed by atoms with Crippen LogP contribution < -0.4 is 10.6 Å². The van der Waals surface area contributed by atoms with Gasteiger partial charge in [-0.2, -0.15) is 13.2 Å². The molecule has 104 valence electrons. The number of para-hydroxylation sites is 2. The summed E-state index contributed by atoms with van der Waals surface area (Å²) in [6.07, 6.45) is -4.49. The van der Waals surface area contributed by atoms with Crippen LogP contribution in [0.2, 0.25) is 0 Å². The molecule has 0 amide bonds. The Morgan fingerprint density at radius 1 is 0.850 bits per heavy atom. The van der Waals surface area contributed by atoms with E-state index in [0.717, 1.165) is 4.47 Å². The van der Waals surface area contributed by atoms with E-state index in [0.29, 0.717) is 11.4 Å². The standard InChI is InChI=1S/C14H10BrF3N2/c15-10-7-5-9(6-8-10)13(14(16,17)18)19-11-3-1-2-4-12(11)20-13/h1-8,19-20H. The Kier molecular flexibility index (Phi) is 2.93. The summed E-state index contributed by atoms with van der Waals surface area (Å²) >= 11 is 3.23. The highest BCUT2D eigenvalue weighted by Gasteiger charge is 2.59. The quantitative estimate of drug-likeness (QED) is 0.784. The molecule has 0 radical (unpaired) electrons. The Bertz CT molecular complexity index is 613. The monoisotopic (exact) mass is 342 g/mol. The third-order valence-corrected chi connectivity index (χ3v) is 3.80. The molecule has 0 saturated carbocycles. The van der Waals surface area contributed by atoms with Gasteiger partial charge in [-0.05, 0) is 24.3 Å². The van der Waals surface area contributed by atoms with Crippen molar-refractivity contribution in [2.75, 3.05) is 10.6 Å². The van der Waals surface area contributed by atoms with Crippen molar-refractivity contribution in [1.29, 1.82) is 0 Å². The van der Waals surface area contributed by atoms with E-state index in [1.165, 1.54) is 12.1 Å². The van der Waals surface area contributed by atoms with Crippen LogP contribution in [0.1, 0.15) is 5.56 Å². The van der Waals surface area contributed by atoms with Gasteiger partial charge >= 0.3 is 6.18 Å². The van der Waals surface area contributed by atoms with Crippen LogP contribution >= 0.6 is 15.9 Å². The molecule has 0 bridgehead atoms. The Labute approximate surface area is 122 Å². The van der Waals surface area contributed by atoms with Crippen molar-refractivity contribution < 1.29 is 13.2 Å². The zero-order valence-electron chi connectivity index (χ0n) is 10.1. The number of alkyl halides is 3. The number of benzene rings is 2. The SMILES string of the molecule is FC(F)(F)C1(c2ccc(Br)cc2)Nc2ccccc2N1. The van der Waals surface area contributed by atoms with Crippen LogP contribution in [0, 0.1) is 0 Å². The van der Waals surface area contributed by atoms with E-state index in [4.69, 9.17) is 0 Å². The molecule has 0 spiro atoms. The number of halogens is 4. The minimum absolute atomic E-state index is 0.115. The average Bonchev–Trinajstić information content (AvgIpc) is 2.79. The second kappa shape index (κ2) is 4.41. The lowest BCUT2D eigenvalue weighted by Gasteiger charge is -2.33. The van der Waals surface area contributed by atoms with Crippen molar-refractivity contribution in [2.45, 2.75) is 11.8 Å². The molecule has 1 aliphatic heterocycles. The molecule has 2 aromatic rings. The Balaban J connectivity index is 2.12. The van der Waals surface area contributed by atoms with Gasteiger partial charge in [0.1, 0.15) is 0 Å². The zero-order chi connectivity index (χ0) is 14.4. The van der Waals surface area contributed by atoms with Crippen molar-refractivity contribution in [1.82, 2.24) is 0 Å². The fraction of sp³-hybridized carbons (Fsp3) is 0.143. The lowest BCUT2D eigenvalue weighted by atomic mass is 9.99. The van der Waals surface area contributed by atoms with E-state index in [9.17, 15) is 13.2 Å². The van der Waals surface area contributed by atoms with Crippen molar-refractivity contribution in [2.24, 2.45) is 0 Å². The summed E-state index contributed by atoms with van der Waals surface area (Å²) in [4.78, 5) is 0. The number of rotatable bonds is 1. The molecule has 0 aromatic heterocycles. The molecule has 2 aromatic carbocycles. The molecule has 0 fully saturated rings. The van der Waals surface area contributed by atoms with E-state index in [1.807, 2.05) is 0 Å². The minimum Gasteiger partial charge on any atom is -0.350 e. The molecule has 0 saturated heterocycles. The molecular formula is C14H10BrF3N2. The number of hydrogen-bond donors (Lipinski definition) is 2. The maximum atomic E-state index is 13.6. The maximum absolute atomic E-state index is 13.6. The first-order chi connectivity index (χ1) is 9.42. The second-order valence-corrected chi connectivity index (χ2v) is 5.47. The first-order valence-corrected chi connectivity index (χ1v) is 6.70. The van der Waals surface area contributed by atoms with Gasteiger partial charge in [0, 0.05) is 10.0 Å². The molecule has 1 heterocycles. The summed E-state index contributed by atoms with van der Waals surface area (Å²) in [6.45, 7) is 0. The molecule has 0 atom stereocenters. The maximum Gasteiger partial charge on any atom is 0.434 e. The van der Waals surface area contributed by atoms with Crippen molar-refractivity contribution in [3.63, 3.8) is 0 Å². The van der Waals surface area contributed by atoms with Gasteiger partial charge in [0.25, 0.3) is 0 Å². The van der Waals surface area contributed by atoms with E-state index in [-0.39, 0.29) is 5.56 Å². The summed E-state index contributed by atoms with van der Waals surface area (Å²) in [5.41, 5.74) is -1.30. The van der Waals surface area contributed by atoms with E-state index < -0.39 is 11.8 Å². The van der Waals surface area contributed by atoms with Gasteiger partial charge in [0.05, 0.1) is 11.4 Å². The molecule has 2 N–H and O–H groups in total. The fourth-order valence-electron chi connectivity index (χ4n) is 2.29. The highest BCUT2D eigenvalue weighted by Crippen LogP contribution is 2.48. The smallest absolute Gasteiger partial charge is 0.350 e. The van der Waals surface area contributed by atoms with Crippen LogP contribution in [0.5, 0.6) is 0 Å². The summed E-state index contributed by atoms with van der Waals surface area (Å²) in [7, 11) is 0. The average molecular weight is 343 g/mol. The lowest BCUT2D eigenvalue weighted by molar-refractivity contribution is -0.172. The molecule has 20 heavy (non-hydrogen) atoms. The topological polar surface area (TPSA) is 24.1 Å². The Morgan fingerprint density at radius 2 is 1.35 bits per heavy atom. The van der Waals surface area contributed by atoms with Gasteiger partial charge in [-0.15, -0.1) is 0 Å². The van der Waals surface area contributed by atoms with Crippen molar-refractivity contribution in [3.05, 3.63) is 58.6 Å². The molecule has 1 aliphatic rings.